The number of fused-ring (bicyclic) bond motifs is 1. The van der Waals surface area contributed by atoms with Crippen LogP contribution in [0.2, 0.25) is 0 Å². The van der Waals surface area contributed by atoms with Crippen molar-refractivity contribution in [1.29, 1.82) is 0 Å². The summed E-state index contributed by atoms with van der Waals surface area (Å²) < 4.78 is 11.8. The van der Waals surface area contributed by atoms with Crippen LogP contribution >= 0.6 is 0 Å². The Hall–Kier alpha value is -2.34. The van der Waals surface area contributed by atoms with Gasteiger partial charge in [-0.15, -0.1) is 0 Å². The molecule has 6 nitrogen and oxygen atoms in total. The fourth-order valence-corrected chi connectivity index (χ4v) is 4.88. The highest BCUT2D eigenvalue weighted by Gasteiger charge is 2.52. The van der Waals surface area contributed by atoms with Crippen molar-refractivity contribution in [2.75, 3.05) is 19.8 Å². The van der Waals surface area contributed by atoms with Gasteiger partial charge in [-0.2, -0.15) is 0 Å². The molecule has 0 saturated heterocycles. The zero-order chi connectivity index (χ0) is 20.5. The van der Waals surface area contributed by atoms with Crippen molar-refractivity contribution in [2.24, 2.45) is 11.8 Å². The minimum Gasteiger partial charge on any atom is -0.494 e. The van der Waals surface area contributed by atoms with Crippen LogP contribution in [0.4, 0.5) is 0 Å². The lowest BCUT2D eigenvalue weighted by Gasteiger charge is -2.37. The van der Waals surface area contributed by atoms with Gasteiger partial charge in [0.25, 0.3) is 5.91 Å². The number of benzene rings is 1. The molecule has 0 radical (unpaired) electrons. The summed E-state index contributed by atoms with van der Waals surface area (Å²) in [6.45, 7) is 4.98. The molecule has 0 bridgehead atoms. The van der Waals surface area contributed by atoms with Crippen molar-refractivity contribution in [3.63, 3.8) is 0 Å². The number of carbonyl (C=O) groups excluding carboxylic acids is 2. The molecule has 156 valence electrons. The third-order valence-electron chi connectivity index (χ3n) is 6.25. The Kier molecular flexibility index (Phi) is 5.63. The van der Waals surface area contributed by atoms with Gasteiger partial charge in [-0.1, -0.05) is 19.1 Å². The maximum atomic E-state index is 13.5. The first-order valence-electron chi connectivity index (χ1n) is 10.6. The average Bonchev–Trinajstić information content (AvgIpc) is 3.00. The summed E-state index contributed by atoms with van der Waals surface area (Å²) in [5, 5.41) is 9.32. The molecule has 1 aromatic rings. The van der Waals surface area contributed by atoms with Gasteiger partial charge in [0.05, 0.1) is 24.1 Å². The monoisotopic (exact) mass is 399 g/mol. The van der Waals surface area contributed by atoms with Crippen molar-refractivity contribution in [2.45, 2.75) is 51.7 Å². The molecule has 2 heterocycles. The van der Waals surface area contributed by atoms with E-state index >= 15 is 0 Å². The van der Waals surface area contributed by atoms with E-state index in [1.54, 1.807) is 4.90 Å². The molecular formula is C23H29NO5. The second kappa shape index (κ2) is 8.19. The van der Waals surface area contributed by atoms with Gasteiger partial charge >= 0.3 is 0 Å². The van der Waals surface area contributed by atoms with E-state index in [1.165, 1.54) is 0 Å². The van der Waals surface area contributed by atoms with Crippen LogP contribution in [-0.2, 0) is 14.3 Å². The maximum absolute atomic E-state index is 13.5. The van der Waals surface area contributed by atoms with Crippen molar-refractivity contribution in [3.05, 3.63) is 41.2 Å². The molecule has 29 heavy (non-hydrogen) atoms. The molecule has 1 N–H and O–H groups in total. The highest BCUT2D eigenvalue weighted by Crippen LogP contribution is 2.47. The van der Waals surface area contributed by atoms with E-state index in [9.17, 15) is 14.7 Å². The van der Waals surface area contributed by atoms with Gasteiger partial charge in [-0.05, 0) is 56.2 Å². The van der Waals surface area contributed by atoms with Crippen LogP contribution in [0.15, 0.2) is 35.6 Å². The van der Waals surface area contributed by atoms with E-state index in [4.69, 9.17) is 9.47 Å². The predicted molar refractivity (Wildman–Crippen MR) is 107 cm³/mol. The lowest BCUT2D eigenvalue weighted by atomic mass is 9.74. The first-order chi connectivity index (χ1) is 14.0. The summed E-state index contributed by atoms with van der Waals surface area (Å²) in [4.78, 5) is 28.4. The number of hydrogen-bond donors (Lipinski definition) is 1. The number of ketones is 1. The third kappa shape index (κ3) is 3.54. The molecule has 6 heteroatoms. The van der Waals surface area contributed by atoms with Gasteiger partial charge < -0.3 is 19.5 Å². The second-order valence-corrected chi connectivity index (χ2v) is 8.27. The molecule has 4 atom stereocenters. The van der Waals surface area contributed by atoms with Crippen molar-refractivity contribution in [1.82, 2.24) is 4.90 Å². The van der Waals surface area contributed by atoms with Crippen molar-refractivity contribution < 1.29 is 24.2 Å². The number of rotatable bonds is 6. The Morgan fingerprint density at radius 1 is 1.28 bits per heavy atom. The number of aliphatic hydroxyl groups excluding tert-OH is 1. The number of nitrogens with zero attached hydrogens (tertiary/aromatic N) is 1. The van der Waals surface area contributed by atoms with Gasteiger partial charge in [0, 0.05) is 13.2 Å². The minimum absolute atomic E-state index is 0.0162. The number of aliphatic hydroxyl groups is 1. The molecule has 3 aliphatic rings. The summed E-state index contributed by atoms with van der Waals surface area (Å²) in [5.74, 6) is 1.03. The fourth-order valence-electron chi connectivity index (χ4n) is 4.88. The van der Waals surface area contributed by atoms with Gasteiger partial charge in [0.15, 0.2) is 11.5 Å². The molecular weight excluding hydrogens is 370 g/mol. The zero-order valence-corrected chi connectivity index (χ0v) is 17.1. The molecule has 1 amide bonds. The molecule has 1 aliphatic carbocycles. The summed E-state index contributed by atoms with van der Waals surface area (Å²) >= 11 is 0. The van der Waals surface area contributed by atoms with Gasteiger partial charge in [-0.3, -0.25) is 9.59 Å². The SMILES string of the molecule is CCOc1cccc(C2C3=C(OC4CCC(C)CC4C3=O)C(=O)N2CCCO)c1. The largest absolute Gasteiger partial charge is 0.494 e. The molecule has 2 aliphatic heterocycles. The Morgan fingerprint density at radius 3 is 2.86 bits per heavy atom. The molecule has 4 unspecified atom stereocenters. The number of amides is 1. The number of carbonyl (C=O) groups is 2. The predicted octanol–water partition coefficient (Wildman–Crippen LogP) is 3.01. The van der Waals surface area contributed by atoms with Gasteiger partial charge in [0.2, 0.25) is 0 Å². The molecule has 1 aromatic carbocycles. The van der Waals surface area contributed by atoms with E-state index < -0.39 is 6.04 Å². The van der Waals surface area contributed by atoms with Gasteiger partial charge in [-0.25, -0.2) is 0 Å². The smallest absolute Gasteiger partial charge is 0.290 e. The lowest BCUT2D eigenvalue weighted by Crippen LogP contribution is -2.41. The van der Waals surface area contributed by atoms with Gasteiger partial charge in [0.1, 0.15) is 11.9 Å². The molecule has 0 aromatic heterocycles. The topological polar surface area (TPSA) is 76.1 Å². The quantitative estimate of drug-likeness (QED) is 0.796. The van der Waals surface area contributed by atoms with E-state index in [-0.39, 0.29) is 36.1 Å². The number of hydrogen-bond acceptors (Lipinski definition) is 5. The summed E-state index contributed by atoms with van der Waals surface area (Å²) in [6.07, 6.45) is 2.87. The zero-order valence-electron chi connectivity index (χ0n) is 17.1. The highest BCUT2D eigenvalue weighted by molar-refractivity contribution is 6.11. The lowest BCUT2D eigenvalue weighted by molar-refractivity contribution is -0.136. The Bertz CT molecular complexity index is 832. The fraction of sp³-hybridized carbons (Fsp3) is 0.565. The summed E-state index contributed by atoms with van der Waals surface area (Å²) in [5.41, 5.74) is 1.32. The van der Waals surface area contributed by atoms with E-state index in [0.717, 1.165) is 24.8 Å². The van der Waals surface area contributed by atoms with Crippen LogP contribution in [0.5, 0.6) is 5.75 Å². The average molecular weight is 399 g/mol. The Balaban J connectivity index is 1.75. The van der Waals surface area contributed by atoms with Crippen molar-refractivity contribution >= 4 is 11.7 Å². The van der Waals surface area contributed by atoms with Crippen molar-refractivity contribution in [3.8, 4) is 5.75 Å². The Morgan fingerprint density at radius 2 is 2.10 bits per heavy atom. The molecule has 4 rings (SSSR count). The maximum Gasteiger partial charge on any atom is 0.290 e. The second-order valence-electron chi connectivity index (χ2n) is 8.27. The van der Waals surface area contributed by atoms with E-state index in [0.29, 0.717) is 36.8 Å². The minimum atomic E-state index is -0.491. The van der Waals surface area contributed by atoms with E-state index in [1.807, 2.05) is 31.2 Å². The Labute approximate surface area is 171 Å². The third-order valence-corrected chi connectivity index (χ3v) is 6.25. The first-order valence-corrected chi connectivity index (χ1v) is 10.6. The number of Topliss-reactive ketones (excluding diaryl/α,β-unsaturated/α-hetero) is 1. The standard InChI is InChI=1S/C23H29NO5/c1-3-28-16-7-4-6-15(13-16)20-19-21(26)17-12-14(2)8-9-18(17)29-22(19)23(27)24(20)10-5-11-25/h4,6-7,13-14,17-18,20,25H,3,5,8-12H2,1-2H3. The van der Waals surface area contributed by atoms with Crippen LogP contribution in [0.3, 0.4) is 0 Å². The normalized spacial score (nSPS) is 28.9. The highest BCUT2D eigenvalue weighted by atomic mass is 16.5. The van der Waals surface area contributed by atoms with Crippen LogP contribution in [0, 0.1) is 11.8 Å². The van der Waals surface area contributed by atoms with Crippen LogP contribution in [0.1, 0.15) is 51.1 Å². The molecule has 1 saturated carbocycles. The summed E-state index contributed by atoms with van der Waals surface area (Å²) in [6, 6.07) is 7.08. The number of ether oxygens (including phenoxy) is 2. The van der Waals surface area contributed by atoms with E-state index in [2.05, 4.69) is 6.92 Å². The van der Waals surface area contributed by atoms with Crippen LogP contribution < -0.4 is 4.74 Å². The summed E-state index contributed by atoms with van der Waals surface area (Å²) in [7, 11) is 0. The van der Waals surface area contributed by atoms with Crippen LogP contribution in [-0.4, -0.2) is 47.6 Å². The molecule has 0 spiro atoms. The molecule has 1 fully saturated rings. The van der Waals surface area contributed by atoms with Crippen LogP contribution in [0.25, 0.3) is 0 Å². The first kappa shape index (κ1) is 20.0.